The highest BCUT2D eigenvalue weighted by molar-refractivity contribution is 8.01. The Balaban J connectivity index is 2.68. The largest absolute Gasteiger partial charge is 0.480 e. The molecule has 0 saturated heterocycles. The van der Waals surface area contributed by atoms with Crippen molar-refractivity contribution < 1.29 is 9.90 Å². The molecule has 0 radical (unpaired) electrons. The van der Waals surface area contributed by atoms with Crippen LogP contribution in [0.1, 0.15) is 20.8 Å². The summed E-state index contributed by atoms with van der Waals surface area (Å²) in [5, 5.41) is 21.3. The summed E-state index contributed by atoms with van der Waals surface area (Å²) < 4.78 is 0.779. The number of nitrogens with one attached hydrogen (secondary N) is 1. The molecule has 0 saturated carbocycles. The number of carboxylic acid groups (broad SMARTS) is 1. The van der Waals surface area contributed by atoms with E-state index in [0.717, 1.165) is 9.47 Å². The standard InChI is InChI=1S/C11H20N4O2S2/c1-7(2)12-11(3,8(16)17)6-18-10-14-13-9(19-10)15(4)5/h7,12H,6H2,1-5H3,(H,16,17). The molecule has 1 aromatic rings. The summed E-state index contributed by atoms with van der Waals surface area (Å²) in [6.07, 6.45) is 0. The van der Waals surface area contributed by atoms with E-state index >= 15 is 0 Å². The number of anilines is 1. The second-order valence-corrected chi connectivity index (χ2v) is 7.15. The van der Waals surface area contributed by atoms with Crippen molar-refractivity contribution in [2.75, 3.05) is 24.7 Å². The molecule has 6 nitrogen and oxygen atoms in total. The van der Waals surface area contributed by atoms with E-state index in [1.54, 1.807) is 6.92 Å². The van der Waals surface area contributed by atoms with Gasteiger partial charge < -0.3 is 10.0 Å². The Morgan fingerprint density at radius 2 is 2.16 bits per heavy atom. The van der Waals surface area contributed by atoms with Crippen molar-refractivity contribution in [3.63, 3.8) is 0 Å². The first-order chi connectivity index (χ1) is 8.74. The monoisotopic (exact) mass is 304 g/mol. The molecule has 8 heteroatoms. The highest BCUT2D eigenvalue weighted by atomic mass is 32.2. The summed E-state index contributed by atoms with van der Waals surface area (Å²) in [6, 6.07) is 0.105. The quantitative estimate of drug-likeness (QED) is 0.740. The Bertz CT molecular complexity index is 436. The van der Waals surface area contributed by atoms with Gasteiger partial charge in [0.2, 0.25) is 5.13 Å². The number of hydrogen-bond acceptors (Lipinski definition) is 7. The second kappa shape index (κ2) is 6.53. The molecule has 1 heterocycles. The van der Waals surface area contributed by atoms with Crippen molar-refractivity contribution in [3.05, 3.63) is 0 Å². The fourth-order valence-corrected chi connectivity index (χ4v) is 3.31. The van der Waals surface area contributed by atoms with Gasteiger partial charge >= 0.3 is 5.97 Å². The summed E-state index contributed by atoms with van der Waals surface area (Å²) >= 11 is 2.87. The van der Waals surface area contributed by atoms with E-state index in [4.69, 9.17) is 0 Å². The number of hydrogen-bond donors (Lipinski definition) is 2. The molecule has 0 fully saturated rings. The van der Waals surface area contributed by atoms with Crippen LogP contribution >= 0.6 is 23.1 Å². The van der Waals surface area contributed by atoms with Gasteiger partial charge in [0.15, 0.2) is 4.34 Å². The molecule has 0 spiro atoms. The van der Waals surface area contributed by atoms with Gasteiger partial charge in [0.25, 0.3) is 0 Å². The van der Waals surface area contributed by atoms with Crippen molar-refractivity contribution in [1.82, 2.24) is 15.5 Å². The van der Waals surface area contributed by atoms with E-state index in [9.17, 15) is 9.90 Å². The summed E-state index contributed by atoms with van der Waals surface area (Å²) in [6.45, 7) is 5.55. The van der Waals surface area contributed by atoms with Gasteiger partial charge in [-0.15, -0.1) is 10.2 Å². The summed E-state index contributed by atoms with van der Waals surface area (Å²) in [5.74, 6) is -0.450. The van der Waals surface area contributed by atoms with Crippen molar-refractivity contribution in [1.29, 1.82) is 0 Å². The maximum Gasteiger partial charge on any atom is 0.324 e. The maximum absolute atomic E-state index is 11.4. The number of nitrogens with zero attached hydrogens (tertiary/aromatic N) is 3. The highest BCUT2D eigenvalue weighted by Crippen LogP contribution is 2.29. The molecule has 0 aliphatic carbocycles. The Hall–Kier alpha value is -0.860. The van der Waals surface area contributed by atoms with Crippen LogP contribution in [-0.2, 0) is 4.79 Å². The van der Waals surface area contributed by atoms with Crippen LogP contribution in [0.4, 0.5) is 5.13 Å². The van der Waals surface area contributed by atoms with Crippen molar-refractivity contribution >= 4 is 34.2 Å². The Morgan fingerprint density at radius 1 is 1.53 bits per heavy atom. The zero-order chi connectivity index (χ0) is 14.6. The normalized spacial score (nSPS) is 14.4. The average Bonchev–Trinajstić information content (AvgIpc) is 2.74. The predicted molar refractivity (Wildman–Crippen MR) is 79.3 cm³/mol. The third-order valence-electron chi connectivity index (χ3n) is 2.34. The van der Waals surface area contributed by atoms with Gasteiger partial charge in [-0.05, 0) is 20.8 Å². The Kier molecular flexibility index (Phi) is 5.57. The number of carbonyl (C=O) groups is 1. The average molecular weight is 304 g/mol. The van der Waals surface area contributed by atoms with E-state index in [0.29, 0.717) is 5.75 Å². The minimum absolute atomic E-state index is 0.105. The summed E-state index contributed by atoms with van der Waals surface area (Å²) in [7, 11) is 3.80. The Labute approximate surface area is 121 Å². The molecule has 19 heavy (non-hydrogen) atoms. The van der Waals surface area contributed by atoms with Gasteiger partial charge in [-0.25, -0.2) is 0 Å². The number of aromatic nitrogens is 2. The van der Waals surface area contributed by atoms with E-state index in [2.05, 4.69) is 15.5 Å². The van der Waals surface area contributed by atoms with Crippen molar-refractivity contribution in [2.24, 2.45) is 0 Å². The number of thioether (sulfide) groups is 1. The fourth-order valence-electron chi connectivity index (χ4n) is 1.45. The molecule has 0 aromatic carbocycles. The van der Waals surface area contributed by atoms with Crippen LogP contribution in [0.15, 0.2) is 4.34 Å². The van der Waals surface area contributed by atoms with E-state index < -0.39 is 11.5 Å². The molecule has 0 aliphatic heterocycles. The highest BCUT2D eigenvalue weighted by Gasteiger charge is 2.34. The molecule has 0 bridgehead atoms. The van der Waals surface area contributed by atoms with Gasteiger partial charge in [0.1, 0.15) is 5.54 Å². The fraction of sp³-hybridized carbons (Fsp3) is 0.727. The first kappa shape index (κ1) is 16.2. The maximum atomic E-state index is 11.4. The molecule has 1 aromatic heterocycles. The summed E-state index contributed by atoms with van der Waals surface area (Å²) in [4.78, 5) is 13.3. The molecular weight excluding hydrogens is 284 g/mol. The van der Waals surface area contributed by atoms with Crippen LogP contribution in [0.25, 0.3) is 0 Å². The minimum atomic E-state index is -0.969. The first-order valence-electron chi connectivity index (χ1n) is 5.89. The third kappa shape index (κ3) is 4.63. The first-order valence-corrected chi connectivity index (χ1v) is 7.69. The van der Waals surface area contributed by atoms with Gasteiger partial charge in [-0.3, -0.25) is 10.1 Å². The SMILES string of the molecule is CC(C)NC(C)(CSc1nnc(N(C)C)s1)C(=O)O. The lowest BCUT2D eigenvalue weighted by Crippen LogP contribution is -2.54. The molecule has 1 atom stereocenters. The van der Waals surface area contributed by atoms with Crippen LogP contribution in [0.3, 0.4) is 0 Å². The molecular formula is C11H20N4O2S2. The summed E-state index contributed by atoms with van der Waals surface area (Å²) in [5.41, 5.74) is -0.969. The van der Waals surface area contributed by atoms with Crippen LogP contribution in [0.5, 0.6) is 0 Å². The lowest BCUT2D eigenvalue weighted by Gasteiger charge is -2.27. The smallest absolute Gasteiger partial charge is 0.324 e. The van der Waals surface area contributed by atoms with Gasteiger partial charge in [0, 0.05) is 25.9 Å². The second-order valence-electron chi connectivity index (χ2n) is 4.97. The Morgan fingerprint density at radius 3 is 2.58 bits per heavy atom. The van der Waals surface area contributed by atoms with E-state index in [-0.39, 0.29) is 6.04 Å². The zero-order valence-corrected chi connectivity index (χ0v) is 13.4. The zero-order valence-electron chi connectivity index (χ0n) is 11.8. The molecule has 0 amide bonds. The van der Waals surface area contributed by atoms with Crippen LogP contribution in [0, 0.1) is 0 Å². The van der Waals surface area contributed by atoms with Gasteiger partial charge in [0.05, 0.1) is 0 Å². The van der Waals surface area contributed by atoms with Gasteiger partial charge in [-0.2, -0.15) is 0 Å². The number of aliphatic carboxylic acids is 1. The minimum Gasteiger partial charge on any atom is -0.480 e. The number of rotatable bonds is 7. The molecule has 1 unspecified atom stereocenters. The van der Waals surface area contributed by atoms with Crippen LogP contribution in [-0.4, -0.2) is 52.7 Å². The molecule has 1 rings (SSSR count). The van der Waals surface area contributed by atoms with Crippen LogP contribution in [0.2, 0.25) is 0 Å². The predicted octanol–water partition coefficient (Wildman–Crippen LogP) is 1.54. The number of carboxylic acids is 1. The molecule has 0 aliphatic rings. The topological polar surface area (TPSA) is 78.4 Å². The van der Waals surface area contributed by atoms with Gasteiger partial charge in [-0.1, -0.05) is 23.1 Å². The molecule has 108 valence electrons. The van der Waals surface area contributed by atoms with E-state index in [1.807, 2.05) is 32.8 Å². The van der Waals surface area contributed by atoms with Crippen molar-refractivity contribution in [2.45, 2.75) is 36.7 Å². The lowest BCUT2D eigenvalue weighted by molar-refractivity contribution is -0.143. The van der Waals surface area contributed by atoms with Crippen molar-refractivity contribution in [3.8, 4) is 0 Å². The third-order valence-corrected chi connectivity index (χ3v) is 4.88. The van der Waals surface area contributed by atoms with Crippen LogP contribution < -0.4 is 10.2 Å². The van der Waals surface area contributed by atoms with E-state index in [1.165, 1.54) is 23.1 Å². The molecule has 2 N–H and O–H groups in total. The lowest BCUT2D eigenvalue weighted by atomic mass is 10.1.